The molecule has 1 amide bonds. The number of carbonyl (C=O) groups excluding carboxylic acids is 1. The Balaban J connectivity index is 1.47. The Kier molecular flexibility index (Phi) is 2.96. The SMILES string of the molecule is O=C(NC1CC2CCC1N2)c1nc(-c2ccccc2)no1. The van der Waals surface area contributed by atoms with Crippen LogP contribution in [0.4, 0.5) is 0 Å². The molecule has 0 saturated carbocycles. The van der Waals surface area contributed by atoms with Crippen molar-refractivity contribution in [2.75, 3.05) is 0 Å². The molecule has 1 aromatic heterocycles. The van der Waals surface area contributed by atoms with Crippen molar-refractivity contribution < 1.29 is 9.32 Å². The molecule has 3 heterocycles. The van der Waals surface area contributed by atoms with Gasteiger partial charge in [0.15, 0.2) is 0 Å². The Morgan fingerprint density at radius 3 is 2.86 bits per heavy atom. The predicted octanol–water partition coefficient (Wildman–Crippen LogP) is 1.36. The Bertz CT molecular complexity index is 655. The van der Waals surface area contributed by atoms with Crippen molar-refractivity contribution in [3.63, 3.8) is 0 Å². The lowest BCUT2D eigenvalue weighted by molar-refractivity contribution is 0.0886. The molecule has 108 valence electrons. The summed E-state index contributed by atoms with van der Waals surface area (Å²) in [6, 6.07) is 10.6. The first-order chi connectivity index (χ1) is 10.3. The minimum absolute atomic E-state index is 0.0247. The fourth-order valence-electron chi connectivity index (χ4n) is 3.23. The molecule has 0 aliphatic carbocycles. The lowest BCUT2D eigenvalue weighted by Gasteiger charge is -2.20. The molecule has 2 aromatic rings. The van der Waals surface area contributed by atoms with Crippen LogP contribution in [-0.4, -0.2) is 34.2 Å². The van der Waals surface area contributed by atoms with E-state index >= 15 is 0 Å². The highest BCUT2D eigenvalue weighted by Crippen LogP contribution is 2.28. The molecule has 6 heteroatoms. The third kappa shape index (κ3) is 2.31. The first-order valence-corrected chi connectivity index (χ1v) is 7.25. The van der Waals surface area contributed by atoms with Gasteiger partial charge in [-0.1, -0.05) is 35.5 Å². The zero-order valence-electron chi connectivity index (χ0n) is 11.5. The number of benzene rings is 1. The van der Waals surface area contributed by atoms with Crippen molar-refractivity contribution in [1.29, 1.82) is 0 Å². The first-order valence-electron chi connectivity index (χ1n) is 7.25. The summed E-state index contributed by atoms with van der Waals surface area (Å²) in [5, 5.41) is 10.3. The fraction of sp³-hybridized carbons (Fsp3) is 0.400. The third-order valence-electron chi connectivity index (χ3n) is 4.27. The van der Waals surface area contributed by atoms with Gasteiger partial charge in [-0.25, -0.2) is 0 Å². The molecule has 0 spiro atoms. The second-order valence-corrected chi connectivity index (χ2v) is 5.65. The molecule has 2 bridgehead atoms. The number of amides is 1. The minimum atomic E-state index is -0.288. The minimum Gasteiger partial charge on any atom is -0.343 e. The summed E-state index contributed by atoms with van der Waals surface area (Å²) in [6.45, 7) is 0. The van der Waals surface area contributed by atoms with Gasteiger partial charge in [-0.05, 0) is 19.3 Å². The highest BCUT2D eigenvalue weighted by molar-refractivity contribution is 5.90. The highest BCUT2D eigenvalue weighted by Gasteiger charge is 2.40. The summed E-state index contributed by atoms with van der Waals surface area (Å²) in [5.41, 5.74) is 0.835. The Morgan fingerprint density at radius 1 is 1.29 bits per heavy atom. The van der Waals surface area contributed by atoms with Crippen LogP contribution >= 0.6 is 0 Å². The highest BCUT2D eigenvalue weighted by atomic mass is 16.5. The second kappa shape index (κ2) is 4.96. The number of nitrogens with one attached hydrogen (secondary N) is 2. The molecule has 2 saturated heterocycles. The zero-order chi connectivity index (χ0) is 14.2. The van der Waals surface area contributed by atoms with Crippen molar-refractivity contribution in [3.05, 3.63) is 36.2 Å². The van der Waals surface area contributed by atoms with Gasteiger partial charge in [0.05, 0.1) is 0 Å². The Morgan fingerprint density at radius 2 is 2.14 bits per heavy atom. The van der Waals surface area contributed by atoms with Gasteiger partial charge < -0.3 is 15.2 Å². The van der Waals surface area contributed by atoms with Gasteiger partial charge in [-0.2, -0.15) is 4.98 Å². The van der Waals surface area contributed by atoms with Crippen molar-refractivity contribution in [2.24, 2.45) is 0 Å². The van der Waals surface area contributed by atoms with Crippen LogP contribution in [-0.2, 0) is 0 Å². The van der Waals surface area contributed by atoms with E-state index in [-0.39, 0.29) is 17.8 Å². The van der Waals surface area contributed by atoms with Crippen molar-refractivity contribution in [3.8, 4) is 11.4 Å². The number of hydrogen-bond acceptors (Lipinski definition) is 5. The molecule has 2 fully saturated rings. The van der Waals surface area contributed by atoms with Gasteiger partial charge in [-0.15, -0.1) is 0 Å². The molecule has 3 unspecified atom stereocenters. The maximum atomic E-state index is 12.2. The van der Waals surface area contributed by atoms with Crippen LogP contribution in [0.2, 0.25) is 0 Å². The van der Waals surface area contributed by atoms with E-state index in [1.165, 1.54) is 6.42 Å². The second-order valence-electron chi connectivity index (χ2n) is 5.65. The summed E-state index contributed by atoms with van der Waals surface area (Å²) in [7, 11) is 0. The molecule has 3 atom stereocenters. The lowest BCUT2D eigenvalue weighted by Crippen LogP contribution is -2.43. The number of nitrogens with zero attached hydrogens (tertiary/aromatic N) is 2. The zero-order valence-corrected chi connectivity index (χ0v) is 11.5. The summed E-state index contributed by atoms with van der Waals surface area (Å²) in [4.78, 5) is 16.4. The Labute approximate surface area is 121 Å². The number of aromatic nitrogens is 2. The topological polar surface area (TPSA) is 80.0 Å². The molecule has 0 radical (unpaired) electrons. The maximum Gasteiger partial charge on any atom is 0.316 e. The summed E-state index contributed by atoms with van der Waals surface area (Å²) in [6.07, 6.45) is 3.31. The molecule has 21 heavy (non-hydrogen) atoms. The molecular formula is C15H16N4O2. The molecule has 4 rings (SSSR count). The van der Waals surface area contributed by atoms with Crippen LogP contribution in [0, 0.1) is 0 Å². The van der Waals surface area contributed by atoms with Crippen LogP contribution < -0.4 is 10.6 Å². The lowest BCUT2D eigenvalue weighted by atomic mass is 9.95. The summed E-state index contributed by atoms with van der Waals surface area (Å²) < 4.78 is 5.08. The van der Waals surface area contributed by atoms with E-state index in [2.05, 4.69) is 20.8 Å². The maximum absolute atomic E-state index is 12.2. The number of hydrogen-bond donors (Lipinski definition) is 2. The first kappa shape index (κ1) is 12.5. The van der Waals surface area contributed by atoms with E-state index in [1.807, 2.05) is 30.3 Å². The van der Waals surface area contributed by atoms with Gasteiger partial charge in [0.25, 0.3) is 0 Å². The van der Waals surface area contributed by atoms with Crippen molar-refractivity contribution >= 4 is 5.91 Å². The van der Waals surface area contributed by atoms with Gasteiger partial charge in [0, 0.05) is 23.7 Å². The standard InChI is InChI=1S/C15H16N4O2/c20-14(17-12-8-10-6-7-11(12)16-10)15-18-13(19-21-15)9-4-2-1-3-5-9/h1-5,10-12,16H,6-8H2,(H,17,20). The Hall–Kier alpha value is -2.21. The molecule has 2 aliphatic rings. The normalized spacial score (nSPS) is 27.0. The molecule has 6 nitrogen and oxygen atoms in total. The van der Waals surface area contributed by atoms with Gasteiger partial charge in [0.1, 0.15) is 0 Å². The molecule has 2 aliphatic heterocycles. The van der Waals surface area contributed by atoms with Gasteiger partial charge in [0.2, 0.25) is 5.82 Å². The van der Waals surface area contributed by atoms with E-state index in [1.54, 1.807) is 0 Å². The quantitative estimate of drug-likeness (QED) is 0.889. The van der Waals surface area contributed by atoms with E-state index in [0.29, 0.717) is 17.9 Å². The summed E-state index contributed by atoms with van der Waals surface area (Å²) >= 11 is 0. The predicted molar refractivity (Wildman–Crippen MR) is 75.6 cm³/mol. The number of rotatable bonds is 3. The molecular weight excluding hydrogens is 268 g/mol. The fourth-order valence-corrected chi connectivity index (χ4v) is 3.23. The average Bonchev–Trinajstić information content (AvgIpc) is 3.24. The van der Waals surface area contributed by atoms with E-state index in [4.69, 9.17) is 4.52 Å². The van der Waals surface area contributed by atoms with Crippen LogP contribution in [0.5, 0.6) is 0 Å². The van der Waals surface area contributed by atoms with Crippen LogP contribution in [0.3, 0.4) is 0 Å². The monoisotopic (exact) mass is 284 g/mol. The van der Waals surface area contributed by atoms with Crippen LogP contribution in [0.1, 0.15) is 29.9 Å². The van der Waals surface area contributed by atoms with Crippen molar-refractivity contribution in [1.82, 2.24) is 20.8 Å². The number of carbonyl (C=O) groups is 1. The smallest absolute Gasteiger partial charge is 0.316 e. The summed E-state index contributed by atoms with van der Waals surface area (Å²) in [5.74, 6) is 0.174. The third-order valence-corrected chi connectivity index (χ3v) is 4.27. The van der Waals surface area contributed by atoms with E-state index in [9.17, 15) is 4.79 Å². The molecule has 1 aromatic carbocycles. The van der Waals surface area contributed by atoms with Crippen LogP contribution in [0.15, 0.2) is 34.9 Å². The largest absolute Gasteiger partial charge is 0.343 e. The average molecular weight is 284 g/mol. The molecule has 2 N–H and O–H groups in total. The van der Waals surface area contributed by atoms with E-state index < -0.39 is 0 Å². The van der Waals surface area contributed by atoms with Gasteiger partial charge in [-0.3, -0.25) is 4.79 Å². The van der Waals surface area contributed by atoms with Crippen molar-refractivity contribution in [2.45, 2.75) is 37.4 Å². The van der Waals surface area contributed by atoms with Crippen LogP contribution in [0.25, 0.3) is 11.4 Å². The number of fused-ring (bicyclic) bond motifs is 2. The van der Waals surface area contributed by atoms with E-state index in [0.717, 1.165) is 18.4 Å². The van der Waals surface area contributed by atoms with Gasteiger partial charge >= 0.3 is 11.8 Å².